The van der Waals surface area contributed by atoms with Gasteiger partial charge in [0.05, 0.1) is 35.6 Å². The van der Waals surface area contributed by atoms with Crippen molar-refractivity contribution in [2.45, 2.75) is 11.8 Å². The molecule has 3 aromatic rings. The highest BCUT2D eigenvalue weighted by molar-refractivity contribution is 7.89. The molecule has 9 heteroatoms. The number of ether oxygens (including phenoxy) is 2. The number of aryl methyl sites for hydroxylation is 1. The lowest BCUT2D eigenvalue weighted by Crippen LogP contribution is -2.41. The molecule has 1 amide bonds. The molecule has 2 aromatic carbocycles. The van der Waals surface area contributed by atoms with Gasteiger partial charge in [-0.2, -0.15) is 4.31 Å². The third-order valence-corrected chi connectivity index (χ3v) is 6.91. The predicted molar refractivity (Wildman–Crippen MR) is 119 cm³/mol. The lowest BCUT2D eigenvalue weighted by Gasteiger charge is -2.26. The Morgan fingerprint density at radius 3 is 2.44 bits per heavy atom. The predicted octanol–water partition coefficient (Wildman–Crippen LogP) is 3.46. The first-order chi connectivity index (χ1) is 15.4. The Morgan fingerprint density at radius 1 is 1.03 bits per heavy atom. The quantitative estimate of drug-likeness (QED) is 0.614. The number of hydrogen-bond acceptors (Lipinski definition) is 6. The lowest BCUT2D eigenvalue weighted by atomic mass is 10.2. The number of anilines is 1. The molecule has 1 saturated heterocycles. The molecule has 2 heterocycles. The van der Waals surface area contributed by atoms with Crippen molar-refractivity contribution in [2.24, 2.45) is 0 Å². The summed E-state index contributed by atoms with van der Waals surface area (Å²) in [5.41, 5.74) is 1.61. The van der Waals surface area contributed by atoms with Crippen molar-refractivity contribution >= 4 is 21.6 Å². The van der Waals surface area contributed by atoms with Crippen LogP contribution in [0.25, 0.3) is 0 Å². The van der Waals surface area contributed by atoms with E-state index >= 15 is 0 Å². The third-order valence-electron chi connectivity index (χ3n) is 4.96. The number of hydrogen-bond donors (Lipinski definition) is 1. The van der Waals surface area contributed by atoms with E-state index in [0.717, 1.165) is 5.56 Å². The monoisotopic (exact) mass is 453 g/mol. The maximum absolute atomic E-state index is 13.1. The molecule has 1 aromatic heterocycles. The Morgan fingerprint density at radius 2 is 1.75 bits per heavy atom. The molecule has 0 atom stereocenters. The van der Waals surface area contributed by atoms with Gasteiger partial charge in [-0.1, -0.05) is 29.8 Å². The summed E-state index contributed by atoms with van der Waals surface area (Å²) >= 11 is 0. The molecule has 0 saturated carbocycles. The first-order valence-electron chi connectivity index (χ1n) is 10.1. The average Bonchev–Trinajstić information content (AvgIpc) is 2.82. The number of nitrogens with zero attached hydrogens (tertiary/aromatic N) is 2. The van der Waals surface area contributed by atoms with Crippen LogP contribution in [0.5, 0.6) is 11.6 Å². The van der Waals surface area contributed by atoms with Crippen LogP contribution in [0.3, 0.4) is 0 Å². The van der Waals surface area contributed by atoms with E-state index in [9.17, 15) is 13.2 Å². The molecule has 1 N–H and O–H groups in total. The molecule has 0 unspecified atom stereocenters. The van der Waals surface area contributed by atoms with E-state index in [-0.39, 0.29) is 23.5 Å². The molecular weight excluding hydrogens is 430 g/mol. The molecule has 4 rings (SSSR count). The smallest absolute Gasteiger partial charge is 0.257 e. The van der Waals surface area contributed by atoms with Crippen molar-refractivity contribution in [1.29, 1.82) is 0 Å². The molecule has 1 aliphatic heterocycles. The maximum Gasteiger partial charge on any atom is 0.257 e. The minimum atomic E-state index is -3.82. The van der Waals surface area contributed by atoms with Gasteiger partial charge < -0.3 is 14.8 Å². The Labute approximate surface area is 186 Å². The Bertz CT molecular complexity index is 1190. The van der Waals surface area contributed by atoms with E-state index in [1.165, 1.54) is 22.6 Å². The number of carbonyl (C=O) groups is 1. The molecule has 1 fully saturated rings. The van der Waals surface area contributed by atoms with Crippen molar-refractivity contribution in [2.75, 3.05) is 31.6 Å². The summed E-state index contributed by atoms with van der Waals surface area (Å²) in [5.74, 6) is 0.496. The number of sulfonamides is 1. The van der Waals surface area contributed by atoms with Crippen LogP contribution in [0.4, 0.5) is 5.69 Å². The zero-order valence-corrected chi connectivity index (χ0v) is 18.3. The third kappa shape index (κ3) is 4.96. The molecule has 1 aliphatic rings. The largest absolute Gasteiger partial charge is 0.439 e. The SMILES string of the molecule is Cc1ccc(Oc2ccc(NC(=O)c3ccccc3S(=O)(=O)N3CCOCC3)cn2)cc1. The highest BCUT2D eigenvalue weighted by Gasteiger charge is 2.30. The molecule has 166 valence electrons. The fraction of sp³-hybridized carbons (Fsp3) is 0.217. The van der Waals surface area contributed by atoms with E-state index in [1.807, 2.05) is 31.2 Å². The van der Waals surface area contributed by atoms with Crippen molar-refractivity contribution in [3.05, 3.63) is 78.0 Å². The number of carbonyl (C=O) groups excluding carboxylic acids is 1. The molecule has 0 aliphatic carbocycles. The number of rotatable bonds is 6. The van der Waals surface area contributed by atoms with Crippen molar-refractivity contribution in [3.63, 3.8) is 0 Å². The fourth-order valence-corrected chi connectivity index (χ4v) is 4.84. The summed E-state index contributed by atoms with van der Waals surface area (Å²) in [6.45, 7) is 3.16. The van der Waals surface area contributed by atoms with Gasteiger partial charge in [-0.25, -0.2) is 13.4 Å². The van der Waals surface area contributed by atoms with Crippen LogP contribution >= 0.6 is 0 Å². The maximum atomic E-state index is 13.1. The first-order valence-corrected chi connectivity index (χ1v) is 11.6. The van der Waals surface area contributed by atoms with E-state index in [0.29, 0.717) is 30.5 Å². The number of aromatic nitrogens is 1. The van der Waals surface area contributed by atoms with Crippen LogP contribution in [0, 0.1) is 6.92 Å². The highest BCUT2D eigenvalue weighted by Crippen LogP contribution is 2.24. The van der Waals surface area contributed by atoms with Gasteiger partial charge >= 0.3 is 0 Å². The normalized spacial score (nSPS) is 14.7. The summed E-state index contributed by atoms with van der Waals surface area (Å²) in [6.07, 6.45) is 1.46. The zero-order valence-electron chi connectivity index (χ0n) is 17.5. The molecule has 32 heavy (non-hydrogen) atoms. The Hall–Kier alpha value is -3.27. The van der Waals surface area contributed by atoms with Crippen LogP contribution in [-0.4, -0.2) is 49.9 Å². The van der Waals surface area contributed by atoms with Gasteiger partial charge in [-0.3, -0.25) is 4.79 Å². The van der Waals surface area contributed by atoms with E-state index in [4.69, 9.17) is 9.47 Å². The van der Waals surface area contributed by atoms with Crippen LogP contribution in [0.2, 0.25) is 0 Å². The molecule has 0 radical (unpaired) electrons. The summed E-state index contributed by atoms with van der Waals surface area (Å²) in [5, 5.41) is 2.71. The summed E-state index contributed by atoms with van der Waals surface area (Å²) < 4.78 is 38.4. The van der Waals surface area contributed by atoms with E-state index < -0.39 is 15.9 Å². The highest BCUT2D eigenvalue weighted by atomic mass is 32.2. The summed E-state index contributed by atoms with van der Waals surface area (Å²) in [4.78, 5) is 17.1. The zero-order chi connectivity index (χ0) is 22.6. The molecular formula is C23H23N3O5S. The van der Waals surface area contributed by atoms with Gasteiger partial charge in [-0.15, -0.1) is 0 Å². The standard InChI is InChI=1S/C23H23N3O5S/c1-17-6-9-19(10-7-17)31-22-11-8-18(16-24-22)25-23(27)20-4-2-3-5-21(20)32(28,29)26-12-14-30-15-13-26/h2-11,16H,12-15H2,1H3,(H,25,27). The first kappa shape index (κ1) is 21.9. The van der Waals surface area contributed by atoms with Crippen molar-refractivity contribution in [1.82, 2.24) is 9.29 Å². The number of pyridine rings is 1. The molecule has 0 bridgehead atoms. The topological polar surface area (TPSA) is 97.8 Å². The second-order valence-electron chi connectivity index (χ2n) is 7.27. The van der Waals surface area contributed by atoms with Crippen LogP contribution in [-0.2, 0) is 14.8 Å². The van der Waals surface area contributed by atoms with E-state index in [1.54, 1.807) is 24.3 Å². The van der Waals surface area contributed by atoms with Gasteiger partial charge in [-0.05, 0) is 37.3 Å². The second kappa shape index (κ2) is 9.47. The van der Waals surface area contributed by atoms with Crippen molar-refractivity contribution < 1.29 is 22.7 Å². The molecule has 8 nitrogen and oxygen atoms in total. The second-order valence-corrected chi connectivity index (χ2v) is 9.17. The number of amides is 1. The lowest BCUT2D eigenvalue weighted by molar-refractivity contribution is 0.0730. The van der Waals surface area contributed by atoms with Crippen LogP contribution in [0.1, 0.15) is 15.9 Å². The van der Waals surface area contributed by atoms with Crippen LogP contribution in [0.15, 0.2) is 71.8 Å². The summed E-state index contributed by atoms with van der Waals surface area (Å²) in [6, 6.07) is 17.0. The van der Waals surface area contributed by atoms with Gasteiger partial charge in [0.15, 0.2) is 0 Å². The minimum absolute atomic E-state index is 0.0355. The van der Waals surface area contributed by atoms with Gasteiger partial charge in [0.1, 0.15) is 5.75 Å². The number of nitrogens with one attached hydrogen (secondary N) is 1. The Balaban J connectivity index is 1.49. The average molecular weight is 454 g/mol. The summed E-state index contributed by atoms with van der Waals surface area (Å²) in [7, 11) is -3.82. The number of morpholine rings is 1. The number of benzene rings is 2. The Kier molecular flexibility index (Phi) is 6.50. The van der Waals surface area contributed by atoms with Gasteiger partial charge in [0.25, 0.3) is 5.91 Å². The van der Waals surface area contributed by atoms with Gasteiger partial charge in [0, 0.05) is 19.2 Å². The van der Waals surface area contributed by atoms with Crippen LogP contribution < -0.4 is 10.1 Å². The van der Waals surface area contributed by atoms with Crippen molar-refractivity contribution in [3.8, 4) is 11.6 Å². The molecule has 0 spiro atoms. The fourth-order valence-electron chi connectivity index (χ4n) is 3.25. The van der Waals surface area contributed by atoms with Gasteiger partial charge in [0.2, 0.25) is 15.9 Å². The minimum Gasteiger partial charge on any atom is -0.439 e. The van der Waals surface area contributed by atoms with E-state index in [2.05, 4.69) is 10.3 Å².